The van der Waals surface area contributed by atoms with Gasteiger partial charge in [-0.05, 0) is 13.0 Å². The lowest BCUT2D eigenvalue weighted by atomic mass is 9.68. The second kappa shape index (κ2) is 4.96. The van der Waals surface area contributed by atoms with Gasteiger partial charge in [0.15, 0.2) is 12.2 Å². The Morgan fingerprint density at radius 3 is 2.79 bits per heavy atom. The van der Waals surface area contributed by atoms with Gasteiger partial charge in [-0.1, -0.05) is 0 Å². The molecule has 126 valence electrons. The van der Waals surface area contributed by atoms with Crippen molar-refractivity contribution in [2.45, 2.75) is 45.0 Å². The molecule has 1 aromatic heterocycles. The van der Waals surface area contributed by atoms with E-state index in [9.17, 15) is 14.4 Å². The first kappa shape index (κ1) is 15.0. The van der Waals surface area contributed by atoms with Crippen molar-refractivity contribution < 1.29 is 33.0 Å². The molecule has 7 heteroatoms. The molecule has 4 atom stereocenters. The molecule has 3 heterocycles. The molecule has 3 aliphatic rings. The third kappa shape index (κ3) is 2.00. The molecule has 0 radical (unpaired) electrons. The van der Waals surface area contributed by atoms with Crippen molar-refractivity contribution in [3.05, 3.63) is 35.3 Å². The quantitative estimate of drug-likeness (QED) is 0.602. The molecule has 4 rings (SSSR count). The third-order valence-corrected chi connectivity index (χ3v) is 4.92. The molecule has 0 spiro atoms. The Bertz CT molecular complexity index is 760. The van der Waals surface area contributed by atoms with E-state index in [-0.39, 0.29) is 12.5 Å². The molecule has 0 unspecified atom stereocenters. The summed E-state index contributed by atoms with van der Waals surface area (Å²) in [6.07, 6.45) is 1.57. The van der Waals surface area contributed by atoms with Crippen LogP contribution in [0, 0.1) is 5.41 Å². The summed E-state index contributed by atoms with van der Waals surface area (Å²) in [6.45, 7) is 3.01. The minimum atomic E-state index is -0.986. The Morgan fingerprint density at radius 2 is 2.12 bits per heavy atom. The number of fused-ring (bicyclic) bond motifs is 3. The van der Waals surface area contributed by atoms with Crippen molar-refractivity contribution in [2.24, 2.45) is 5.41 Å². The molecule has 0 saturated carbocycles. The van der Waals surface area contributed by atoms with E-state index in [4.69, 9.17) is 18.6 Å². The first-order valence-corrected chi connectivity index (χ1v) is 7.75. The maximum Gasteiger partial charge on any atom is 0.335 e. The van der Waals surface area contributed by atoms with Gasteiger partial charge in [-0.25, -0.2) is 4.79 Å². The van der Waals surface area contributed by atoms with Gasteiger partial charge in [0.1, 0.15) is 6.10 Å². The molecule has 2 bridgehead atoms. The smallest absolute Gasteiger partial charge is 0.335 e. The SMILES string of the molecule is CC(=O)O[C@@H]1C2=C(C[C@@H]3C[C@@]2(C)C(=O)O3)C(=O)O[C@H]1c1ccoc1. The van der Waals surface area contributed by atoms with Crippen LogP contribution in [-0.4, -0.2) is 30.1 Å². The fraction of sp³-hybridized carbons (Fsp3) is 0.471. The summed E-state index contributed by atoms with van der Waals surface area (Å²) in [5.41, 5.74) is 0.461. The topological polar surface area (TPSA) is 92.0 Å². The molecular formula is C17H16O7. The van der Waals surface area contributed by atoms with Crippen molar-refractivity contribution >= 4 is 17.9 Å². The van der Waals surface area contributed by atoms with Gasteiger partial charge in [0, 0.05) is 36.5 Å². The first-order chi connectivity index (χ1) is 11.4. The van der Waals surface area contributed by atoms with Gasteiger partial charge in [-0.15, -0.1) is 0 Å². The molecular weight excluding hydrogens is 316 g/mol. The second-order valence-electron chi connectivity index (χ2n) is 6.57. The highest BCUT2D eigenvalue weighted by atomic mass is 16.6. The average Bonchev–Trinajstić information content (AvgIpc) is 3.10. The van der Waals surface area contributed by atoms with Crippen LogP contribution in [0.3, 0.4) is 0 Å². The zero-order chi connectivity index (χ0) is 17.1. The van der Waals surface area contributed by atoms with Gasteiger partial charge in [-0.2, -0.15) is 0 Å². The number of rotatable bonds is 2. The predicted molar refractivity (Wildman–Crippen MR) is 77.3 cm³/mol. The van der Waals surface area contributed by atoms with Gasteiger partial charge >= 0.3 is 17.9 Å². The predicted octanol–water partition coefficient (Wildman–Crippen LogP) is 1.83. The molecule has 7 nitrogen and oxygen atoms in total. The highest BCUT2D eigenvalue weighted by Gasteiger charge is 2.59. The summed E-state index contributed by atoms with van der Waals surface area (Å²) >= 11 is 0. The van der Waals surface area contributed by atoms with E-state index >= 15 is 0 Å². The van der Waals surface area contributed by atoms with Crippen molar-refractivity contribution in [1.82, 2.24) is 0 Å². The van der Waals surface area contributed by atoms with Crippen molar-refractivity contribution in [3.63, 3.8) is 0 Å². The molecule has 2 aliphatic heterocycles. The lowest BCUT2D eigenvalue weighted by Gasteiger charge is -2.40. The highest BCUT2D eigenvalue weighted by Crippen LogP contribution is 2.54. The number of cyclic esters (lactones) is 1. The van der Waals surface area contributed by atoms with Crippen LogP contribution in [-0.2, 0) is 28.6 Å². The van der Waals surface area contributed by atoms with Gasteiger partial charge in [-0.3, -0.25) is 9.59 Å². The average molecular weight is 332 g/mol. The molecule has 0 aromatic carbocycles. The van der Waals surface area contributed by atoms with E-state index < -0.39 is 35.5 Å². The lowest BCUT2D eigenvalue weighted by Crippen LogP contribution is -2.45. The van der Waals surface area contributed by atoms with Gasteiger partial charge in [0.2, 0.25) is 0 Å². The molecule has 0 N–H and O–H groups in total. The number of hydrogen-bond acceptors (Lipinski definition) is 7. The van der Waals surface area contributed by atoms with Crippen LogP contribution < -0.4 is 0 Å². The molecule has 1 aromatic rings. The second-order valence-corrected chi connectivity index (χ2v) is 6.57. The minimum absolute atomic E-state index is 0.283. The monoisotopic (exact) mass is 332 g/mol. The number of carbonyl (C=O) groups is 3. The zero-order valence-corrected chi connectivity index (χ0v) is 13.2. The maximum atomic E-state index is 12.5. The van der Waals surface area contributed by atoms with E-state index in [0.29, 0.717) is 23.1 Å². The standard InChI is InChI=1S/C17H16O7/c1-8(18)22-14-12-11(5-10-6-17(12,2)16(20)23-10)15(19)24-13(14)9-3-4-21-7-9/h3-4,7,10,13-14H,5-6H2,1-2H3/t10-,13+,14-,17-/m1/s1. The van der Waals surface area contributed by atoms with Crippen LogP contribution in [0.15, 0.2) is 34.2 Å². The molecule has 1 fully saturated rings. The molecule has 1 aliphatic carbocycles. The van der Waals surface area contributed by atoms with Crippen LogP contribution in [0.1, 0.15) is 38.4 Å². The number of ether oxygens (including phenoxy) is 3. The van der Waals surface area contributed by atoms with Crippen molar-refractivity contribution in [2.75, 3.05) is 0 Å². The summed E-state index contributed by atoms with van der Waals surface area (Å²) in [7, 11) is 0. The summed E-state index contributed by atoms with van der Waals surface area (Å²) in [4.78, 5) is 36.6. The van der Waals surface area contributed by atoms with E-state index in [0.717, 1.165) is 0 Å². The van der Waals surface area contributed by atoms with E-state index in [1.165, 1.54) is 19.5 Å². The van der Waals surface area contributed by atoms with Crippen LogP contribution in [0.25, 0.3) is 0 Å². The third-order valence-electron chi connectivity index (χ3n) is 4.92. The Morgan fingerprint density at radius 1 is 1.33 bits per heavy atom. The van der Waals surface area contributed by atoms with Crippen LogP contribution in [0.4, 0.5) is 0 Å². The lowest BCUT2D eigenvalue weighted by molar-refractivity contribution is -0.167. The van der Waals surface area contributed by atoms with Crippen LogP contribution in [0.2, 0.25) is 0 Å². The normalized spacial score (nSPS) is 34.5. The number of furan rings is 1. The minimum Gasteiger partial charge on any atom is -0.472 e. The van der Waals surface area contributed by atoms with E-state index in [1.54, 1.807) is 13.0 Å². The fourth-order valence-electron chi connectivity index (χ4n) is 3.92. The number of esters is 3. The Hall–Kier alpha value is -2.57. The Balaban J connectivity index is 1.87. The molecule has 24 heavy (non-hydrogen) atoms. The van der Waals surface area contributed by atoms with Crippen molar-refractivity contribution in [3.8, 4) is 0 Å². The zero-order valence-electron chi connectivity index (χ0n) is 13.2. The number of carbonyl (C=O) groups excluding carboxylic acids is 3. The summed E-state index contributed by atoms with van der Waals surface area (Å²) < 4.78 is 21.4. The number of hydrogen-bond donors (Lipinski definition) is 0. The Labute approximate surface area is 137 Å². The molecule has 1 saturated heterocycles. The largest absolute Gasteiger partial charge is 0.472 e. The molecule has 0 amide bonds. The summed E-state index contributed by atoms with van der Waals surface area (Å²) in [5, 5.41) is 0. The van der Waals surface area contributed by atoms with E-state index in [2.05, 4.69) is 0 Å². The van der Waals surface area contributed by atoms with Crippen LogP contribution in [0.5, 0.6) is 0 Å². The maximum absolute atomic E-state index is 12.5. The summed E-state index contributed by atoms with van der Waals surface area (Å²) in [5.74, 6) is -1.42. The fourth-order valence-corrected chi connectivity index (χ4v) is 3.92. The van der Waals surface area contributed by atoms with Gasteiger partial charge < -0.3 is 18.6 Å². The van der Waals surface area contributed by atoms with Crippen LogP contribution >= 0.6 is 0 Å². The van der Waals surface area contributed by atoms with Gasteiger partial charge in [0.25, 0.3) is 0 Å². The Kier molecular flexibility index (Phi) is 3.10. The first-order valence-electron chi connectivity index (χ1n) is 7.75. The van der Waals surface area contributed by atoms with Crippen molar-refractivity contribution in [1.29, 1.82) is 0 Å². The van der Waals surface area contributed by atoms with Gasteiger partial charge in [0.05, 0.1) is 17.9 Å². The van der Waals surface area contributed by atoms with E-state index in [1.807, 2.05) is 0 Å². The highest BCUT2D eigenvalue weighted by molar-refractivity contribution is 5.96. The summed E-state index contributed by atoms with van der Waals surface area (Å²) in [6, 6.07) is 1.64.